The lowest BCUT2D eigenvalue weighted by Gasteiger charge is -2.28. The number of piperidine rings is 2. The summed E-state index contributed by atoms with van der Waals surface area (Å²) < 4.78 is 18.9. The zero-order chi connectivity index (χ0) is 17.5. The molecule has 1 aromatic carbocycles. The second-order valence-corrected chi connectivity index (χ2v) is 7.42. The Labute approximate surface area is 150 Å². The standard InChI is InChI=1S/C20H31FN2O2/c21-18-8-12-23(13-9-18)14-17-4-6-20(7-5-17)25-16-19(24)15-22-10-2-1-3-11-22/h4-7,18-19,24H,1-3,8-16H2. The Morgan fingerprint density at radius 1 is 1.00 bits per heavy atom. The summed E-state index contributed by atoms with van der Waals surface area (Å²) in [6.07, 6.45) is 4.01. The molecule has 1 unspecified atom stereocenters. The molecule has 2 aliphatic heterocycles. The summed E-state index contributed by atoms with van der Waals surface area (Å²) in [4.78, 5) is 4.62. The van der Waals surface area contributed by atoms with Crippen LogP contribution in [0.1, 0.15) is 37.7 Å². The molecule has 2 heterocycles. The maximum atomic E-state index is 13.2. The van der Waals surface area contributed by atoms with Crippen molar-refractivity contribution in [3.63, 3.8) is 0 Å². The molecule has 3 rings (SSSR count). The maximum absolute atomic E-state index is 13.2. The van der Waals surface area contributed by atoms with E-state index in [2.05, 4.69) is 21.9 Å². The zero-order valence-corrected chi connectivity index (χ0v) is 15.1. The number of nitrogens with zero attached hydrogens (tertiary/aromatic N) is 2. The molecule has 2 saturated heterocycles. The minimum absolute atomic E-state index is 0.333. The average Bonchev–Trinajstić information content (AvgIpc) is 2.64. The first kappa shape index (κ1) is 18.6. The van der Waals surface area contributed by atoms with Gasteiger partial charge in [0.1, 0.15) is 24.6 Å². The van der Waals surface area contributed by atoms with Crippen molar-refractivity contribution < 1.29 is 14.2 Å². The van der Waals surface area contributed by atoms with Crippen LogP contribution in [-0.4, -0.2) is 66.5 Å². The van der Waals surface area contributed by atoms with E-state index in [-0.39, 0.29) is 0 Å². The van der Waals surface area contributed by atoms with Crippen molar-refractivity contribution in [2.75, 3.05) is 39.3 Å². The van der Waals surface area contributed by atoms with Crippen LogP contribution in [0.3, 0.4) is 0 Å². The first-order valence-corrected chi connectivity index (χ1v) is 9.67. The molecule has 4 nitrogen and oxygen atoms in total. The summed E-state index contributed by atoms with van der Waals surface area (Å²) in [7, 11) is 0. The lowest BCUT2D eigenvalue weighted by Crippen LogP contribution is -2.38. The first-order valence-electron chi connectivity index (χ1n) is 9.67. The van der Waals surface area contributed by atoms with Gasteiger partial charge in [-0.2, -0.15) is 0 Å². The number of rotatable bonds is 7. The highest BCUT2D eigenvalue weighted by Gasteiger charge is 2.18. The van der Waals surface area contributed by atoms with Crippen LogP contribution < -0.4 is 4.74 Å². The van der Waals surface area contributed by atoms with Gasteiger partial charge in [-0.15, -0.1) is 0 Å². The molecule has 0 amide bonds. The molecule has 140 valence electrons. The monoisotopic (exact) mass is 350 g/mol. The molecule has 2 aliphatic rings. The van der Waals surface area contributed by atoms with Crippen molar-refractivity contribution in [2.24, 2.45) is 0 Å². The van der Waals surface area contributed by atoms with Crippen LogP contribution in [0.5, 0.6) is 5.75 Å². The lowest BCUT2D eigenvalue weighted by molar-refractivity contribution is 0.0617. The predicted molar refractivity (Wildman–Crippen MR) is 97.6 cm³/mol. The Bertz CT molecular complexity index is 497. The highest BCUT2D eigenvalue weighted by Crippen LogP contribution is 2.18. The van der Waals surface area contributed by atoms with Gasteiger partial charge in [0.2, 0.25) is 0 Å². The SMILES string of the molecule is OC(COc1ccc(CN2CCC(F)CC2)cc1)CN1CCCCC1. The Morgan fingerprint density at radius 2 is 1.68 bits per heavy atom. The van der Waals surface area contributed by atoms with E-state index in [9.17, 15) is 9.50 Å². The van der Waals surface area contributed by atoms with E-state index < -0.39 is 12.3 Å². The van der Waals surface area contributed by atoms with E-state index in [0.29, 0.717) is 26.0 Å². The Kier molecular flexibility index (Phi) is 7.08. The van der Waals surface area contributed by atoms with Crippen LogP contribution in [0, 0.1) is 0 Å². The molecule has 0 aromatic heterocycles. The third-order valence-electron chi connectivity index (χ3n) is 5.21. The lowest BCUT2D eigenvalue weighted by atomic mass is 10.1. The number of halogens is 1. The number of aliphatic hydroxyl groups excluding tert-OH is 1. The number of β-amino-alcohol motifs (C(OH)–C–C–N with tert-alkyl or cyclic N) is 1. The number of hydrogen-bond donors (Lipinski definition) is 1. The third-order valence-corrected chi connectivity index (χ3v) is 5.21. The molecule has 0 spiro atoms. The minimum Gasteiger partial charge on any atom is -0.491 e. The highest BCUT2D eigenvalue weighted by molar-refractivity contribution is 5.27. The van der Waals surface area contributed by atoms with Gasteiger partial charge >= 0.3 is 0 Å². The van der Waals surface area contributed by atoms with Crippen LogP contribution in [0.15, 0.2) is 24.3 Å². The molecule has 0 radical (unpaired) electrons. The van der Waals surface area contributed by atoms with Crippen molar-refractivity contribution in [3.05, 3.63) is 29.8 Å². The number of benzene rings is 1. The van der Waals surface area contributed by atoms with Crippen LogP contribution in [0.25, 0.3) is 0 Å². The number of ether oxygens (including phenoxy) is 1. The topological polar surface area (TPSA) is 35.9 Å². The fourth-order valence-corrected chi connectivity index (χ4v) is 3.69. The fraction of sp³-hybridized carbons (Fsp3) is 0.700. The number of likely N-dealkylation sites (tertiary alicyclic amines) is 2. The molecule has 5 heteroatoms. The Morgan fingerprint density at radius 3 is 2.36 bits per heavy atom. The van der Waals surface area contributed by atoms with Gasteiger partial charge in [0, 0.05) is 26.2 Å². The van der Waals surface area contributed by atoms with Crippen molar-refractivity contribution >= 4 is 0 Å². The molecule has 25 heavy (non-hydrogen) atoms. The van der Waals surface area contributed by atoms with Crippen LogP contribution >= 0.6 is 0 Å². The van der Waals surface area contributed by atoms with E-state index in [0.717, 1.165) is 38.5 Å². The largest absolute Gasteiger partial charge is 0.491 e. The molecular formula is C20H31FN2O2. The van der Waals surface area contributed by atoms with Crippen molar-refractivity contribution in [3.8, 4) is 5.75 Å². The van der Waals surface area contributed by atoms with Gasteiger partial charge in [0.05, 0.1) is 0 Å². The van der Waals surface area contributed by atoms with Gasteiger partial charge in [0.15, 0.2) is 0 Å². The normalized spacial score (nSPS) is 22.0. The summed E-state index contributed by atoms with van der Waals surface area (Å²) in [6.45, 7) is 5.74. The van der Waals surface area contributed by atoms with Gasteiger partial charge in [-0.25, -0.2) is 4.39 Å². The Balaban J connectivity index is 1.38. The molecule has 0 aliphatic carbocycles. The summed E-state index contributed by atoms with van der Waals surface area (Å²) in [5.74, 6) is 0.795. The molecule has 1 N–H and O–H groups in total. The second kappa shape index (κ2) is 9.51. The number of aliphatic hydroxyl groups is 1. The molecule has 1 aromatic rings. The third kappa shape index (κ3) is 6.24. The van der Waals surface area contributed by atoms with Crippen molar-refractivity contribution in [1.29, 1.82) is 0 Å². The summed E-state index contributed by atoms with van der Waals surface area (Å²) >= 11 is 0. The maximum Gasteiger partial charge on any atom is 0.119 e. The van der Waals surface area contributed by atoms with Crippen molar-refractivity contribution in [2.45, 2.75) is 50.9 Å². The summed E-state index contributed by atoms with van der Waals surface area (Å²) in [5.41, 5.74) is 1.22. The van der Waals surface area contributed by atoms with Gasteiger partial charge in [-0.1, -0.05) is 18.6 Å². The van der Waals surface area contributed by atoms with Crippen LogP contribution in [-0.2, 0) is 6.54 Å². The average molecular weight is 350 g/mol. The van der Waals surface area contributed by atoms with E-state index in [1.807, 2.05) is 12.1 Å². The first-order chi connectivity index (χ1) is 12.2. The van der Waals surface area contributed by atoms with Gasteiger partial charge in [-0.05, 0) is 56.5 Å². The zero-order valence-electron chi connectivity index (χ0n) is 15.1. The van der Waals surface area contributed by atoms with E-state index in [1.165, 1.54) is 24.8 Å². The van der Waals surface area contributed by atoms with E-state index in [1.54, 1.807) is 0 Å². The molecule has 0 bridgehead atoms. The van der Waals surface area contributed by atoms with E-state index in [4.69, 9.17) is 4.74 Å². The molecule has 1 atom stereocenters. The van der Waals surface area contributed by atoms with Gasteiger partial charge in [0.25, 0.3) is 0 Å². The van der Waals surface area contributed by atoms with Crippen LogP contribution in [0.2, 0.25) is 0 Å². The minimum atomic E-state index is -0.622. The van der Waals surface area contributed by atoms with Gasteiger partial charge in [-0.3, -0.25) is 4.90 Å². The summed E-state index contributed by atoms with van der Waals surface area (Å²) in [6, 6.07) is 8.05. The number of alkyl halides is 1. The van der Waals surface area contributed by atoms with Gasteiger partial charge < -0.3 is 14.7 Å². The molecule has 2 fully saturated rings. The molecular weight excluding hydrogens is 319 g/mol. The Hall–Kier alpha value is -1.17. The predicted octanol–water partition coefficient (Wildman–Crippen LogP) is 2.85. The van der Waals surface area contributed by atoms with Crippen molar-refractivity contribution in [1.82, 2.24) is 9.80 Å². The molecule has 0 saturated carbocycles. The highest BCUT2D eigenvalue weighted by atomic mass is 19.1. The smallest absolute Gasteiger partial charge is 0.119 e. The fourth-order valence-electron chi connectivity index (χ4n) is 3.69. The second-order valence-electron chi connectivity index (χ2n) is 7.42. The quantitative estimate of drug-likeness (QED) is 0.820. The van der Waals surface area contributed by atoms with E-state index >= 15 is 0 Å². The number of hydrogen-bond acceptors (Lipinski definition) is 4. The van der Waals surface area contributed by atoms with Crippen LogP contribution in [0.4, 0.5) is 4.39 Å². The summed E-state index contributed by atoms with van der Waals surface area (Å²) in [5, 5.41) is 10.2.